The van der Waals surface area contributed by atoms with Crippen LogP contribution in [0.3, 0.4) is 0 Å². The van der Waals surface area contributed by atoms with Gasteiger partial charge in [0.25, 0.3) is 0 Å². The molecule has 0 amide bonds. The maximum absolute atomic E-state index is 6.08. The molecule has 2 N–H and O–H groups in total. The largest absolute Gasteiger partial charge is 0.327 e. The zero-order valence-corrected chi connectivity index (χ0v) is 11.2. The number of aromatic nitrogens is 3. The van der Waals surface area contributed by atoms with Crippen LogP contribution in [0.4, 0.5) is 0 Å². The van der Waals surface area contributed by atoms with Crippen LogP contribution < -0.4 is 5.73 Å². The van der Waals surface area contributed by atoms with E-state index in [0.29, 0.717) is 5.25 Å². The molecule has 1 heterocycles. The van der Waals surface area contributed by atoms with Crippen molar-refractivity contribution in [2.45, 2.75) is 51.4 Å². The van der Waals surface area contributed by atoms with Gasteiger partial charge in [0.1, 0.15) is 12.2 Å². The fraction of sp³-hybridized carbons (Fsp3) is 0.818. The summed E-state index contributed by atoms with van der Waals surface area (Å²) >= 11 is 1.90. The smallest absolute Gasteiger partial charge is 0.138 e. The quantitative estimate of drug-likeness (QED) is 0.790. The molecule has 92 valence electrons. The molecule has 1 rings (SSSR count). The second-order valence-electron chi connectivity index (χ2n) is 4.25. The van der Waals surface area contributed by atoms with Gasteiger partial charge in [0, 0.05) is 24.8 Å². The fourth-order valence-corrected chi connectivity index (χ4v) is 2.20. The molecule has 0 spiro atoms. The van der Waals surface area contributed by atoms with Gasteiger partial charge in [-0.1, -0.05) is 20.8 Å². The minimum Gasteiger partial charge on any atom is -0.327 e. The Balaban J connectivity index is 2.42. The van der Waals surface area contributed by atoms with Gasteiger partial charge in [-0.15, -0.1) is 0 Å². The Morgan fingerprint density at radius 2 is 2.25 bits per heavy atom. The molecular formula is C11H22N4S. The van der Waals surface area contributed by atoms with E-state index in [1.165, 1.54) is 0 Å². The van der Waals surface area contributed by atoms with Gasteiger partial charge in [0.15, 0.2) is 0 Å². The van der Waals surface area contributed by atoms with E-state index in [-0.39, 0.29) is 6.04 Å². The summed E-state index contributed by atoms with van der Waals surface area (Å²) in [4.78, 5) is 4.26. The predicted octanol–water partition coefficient (Wildman–Crippen LogP) is 1.70. The zero-order chi connectivity index (χ0) is 12.0. The van der Waals surface area contributed by atoms with Crippen LogP contribution in [0.25, 0.3) is 0 Å². The second-order valence-corrected chi connectivity index (χ2v) is 5.86. The molecule has 0 saturated heterocycles. The summed E-state index contributed by atoms with van der Waals surface area (Å²) in [6, 6.07) is 0.173. The van der Waals surface area contributed by atoms with E-state index in [1.54, 1.807) is 6.33 Å². The van der Waals surface area contributed by atoms with Crippen LogP contribution in [-0.2, 0) is 13.0 Å². The Kier molecular flexibility index (Phi) is 5.84. The van der Waals surface area contributed by atoms with Crippen LogP contribution in [0, 0.1) is 0 Å². The van der Waals surface area contributed by atoms with E-state index >= 15 is 0 Å². The van der Waals surface area contributed by atoms with Gasteiger partial charge in [0.2, 0.25) is 0 Å². The Hall–Kier alpha value is -0.550. The van der Waals surface area contributed by atoms with E-state index in [4.69, 9.17) is 5.73 Å². The molecule has 0 bridgehead atoms. The third-order valence-electron chi connectivity index (χ3n) is 2.22. The lowest BCUT2D eigenvalue weighted by Crippen LogP contribution is -2.28. The molecule has 0 saturated carbocycles. The summed E-state index contributed by atoms with van der Waals surface area (Å²) in [7, 11) is 0. The summed E-state index contributed by atoms with van der Waals surface area (Å²) in [5, 5.41) is 4.84. The number of nitrogens with two attached hydrogens (primary N) is 1. The van der Waals surface area contributed by atoms with Crippen molar-refractivity contribution < 1.29 is 0 Å². The summed E-state index contributed by atoms with van der Waals surface area (Å²) in [6.45, 7) is 7.45. The third kappa shape index (κ3) is 4.53. The van der Waals surface area contributed by atoms with Gasteiger partial charge in [-0.25, -0.2) is 4.98 Å². The predicted molar refractivity (Wildman–Crippen MR) is 69.6 cm³/mol. The highest BCUT2D eigenvalue weighted by Gasteiger charge is 2.10. The first kappa shape index (κ1) is 13.5. The third-order valence-corrected chi connectivity index (χ3v) is 3.51. The molecule has 1 aromatic heterocycles. The van der Waals surface area contributed by atoms with Crippen molar-refractivity contribution in [3.8, 4) is 0 Å². The minimum absolute atomic E-state index is 0.173. The van der Waals surface area contributed by atoms with Crippen molar-refractivity contribution >= 4 is 11.8 Å². The van der Waals surface area contributed by atoms with Crippen molar-refractivity contribution in [3.63, 3.8) is 0 Å². The van der Waals surface area contributed by atoms with Gasteiger partial charge in [0.05, 0.1) is 0 Å². The topological polar surface area (TPSA) is 56.7 Å². The first-order valence-electron chi connectivity index (χ1n) is 5.87. The summed E-state index contributed by atoms with van der Waals surface area (Å²) in [5.41, 5.74) is 6.08. The Bertz CT molecular complexity index is 298. The maximum Gasteiger partial charge on any atom is 0.138 e. The van der Waals surface area contributed by atoms with Crippen LogP contribution in [0.2, 0.25) is 0 Å². The Labute approximate surface area is 102 Å². The lowest BCUT2D eigenvalue weighted by atomic mass is 10.2. The molecule has 1 aromatic rings. The lowest BCUT2D eigenvalue weighted by molar-refractivity contribution is 0.553. The molecule has 4 nitrogen and oxygen atoms in total. The highest BCUT2D eigenvalue weighted by atomic mass is 32.2. The molecule has 0 radical (unpaired) electrons. The number of aryl methyl sites for hydroxylation is 1. The molecule has 0 aromatic carbocycles. The number of hydrogen-bond acceptors (Lipinski definition) is 4. The molecule has 1 atom stereocenters. The van der Waals surface area contributed by atoms with Crippen LogP contribution in [0.5, 0.6) is 0 Å². The van der Waals surface area contributed by atoms with Crippen molar-refractivity contribution in [2.24, 2.45) is 5.73 Å². The number of hydrogen-bond donors (Lipinski definition) is 1. The van der Waals surface area contributed by atoms with E-state index < -0.39 is 0 Å². The van der Waals surface area contributed by atoms with Crippen molar-refractivity contribution in [3.05, 3.63) is 12.2 Å². The van der Waals surface area contributed by atoms with Gasteiger partial charge in [-0.05, 0) is 11.7 Å². The first-order valence-corrected chi connectivity index (χ1v) is 6.92. The van der Waals surface area contributed by atoms with Gasteiger partial charge >= 0.3 is 0 Å². The molecule has 1 unspecified atom stereocenters. The van der Waals surface area contributed by atoms with Crippen molar-refractivity contribution in [1.29, 1.82) is 0 Å². The summed E-state index contributed by atoms with van der Waals surface area (Å²) < 4.78 is 1.96. The molecule has 0 aliphatic heterocycles. The second kappa shape index (κ2) is 6.91. The van der Waals surface area contributed by atoms with E-state index in [1.807, 2.05) is 16.4 Å². The highest BCUT2D eigenvalue weighted by molar-refractivity contribution is 7.99. The van der Waals surface area contributed by atoms with Crippen LogP contribution in [-0.4, -0.2) is 31.8 Å². The Morgan fingerprint density at radius 1 is 1.50 bits per heavy atom. The molecular weight excluding hydrogens is 220 g/mol. The normalized spacial score (nSPS) is 13.3. The summed E-state index contributed by atoms with van der Waals surface area (Å²) in [6.07, 6.45) is 3.51. The van der Waals surface area contributed by atoms with E-state index in [9.17, 15) is 0 Å². The number of nitrogens with zero attached hydrogens (tertiary/aromatic N) is 3. The Morgan fingerprint density at radius 3 is 2.88 bits per heavy atom. The fourth-order valence-electron chi connectivity index (χ4n) is 1.45. The molecule has 0 fully saturated rings. The minimum atomic E-state index is 0.173. The molecule has 0 aliphatic rings. The first-order chi connectivity index (χ1) is 7.63. The average molecular weight is 242 g/mol. The van der Waals surface area contributed by atoms with Gasteiger partial charge < -0.3 is 5.73 Å². The maximum atomic E-state index is 6.08. The zero-order valence-electron chi connectivity index (χ0n) is 10.4. The highest BCUT2D eigenvalue weighted by Crippen LogP contribution is 2.11. The standard InChI is InChI=1S/C11H22N4S/c1-4-5-15-11(13-8-14-15)6-10(12)7-16-9(2)3/h8-10H,4-7,12H2,1-3H3. The van der Waals surface area contributed by atoms with E-state index in [2.05, 4.69) is 30.9 Å². The lowest BCUT2D eigenvalue weighted by Gasteiger charge is -2.13. The van der Waals surface area contributed by atoms with Crippen LogP contribution in [0.15, 0.2) is 6.33 Å². The molecule has 0 aliphatic carbocycles. The molecule has 5 heteroatoms. The van der Waals surface area contributed by atoms with E-state index in [0.717, 1.165) is 31.0 Å². The van der Waals surface area contributed by atoms with Gasteiger partial charge in [-0.3, -0.25) is 4.68 Å². The molecule has 16 heavy (non-hydrogen) atoms. The summed E-state index contributed by atoms with van der Waals surface area (Å²) in [5.74, 6) is 2.00. The van der Waals surface area contributed by atoms with Gasteiger partial charge in [-0.2, -0.15) is 16.9 Å². The average Bonchev–Trinajstić information content (AvgIpc) is 2.63. The SMILES string of the molecule is CCCn1ncnc1CC(N)CSC(C)C. The van der Waals surface area contributed by atoms with Crippen molar-refractivity contribution in [2.75, 3.05) is 5.75 Å². The van der Waals surface area contributed by atoms with Crippen LogP contribution in [0.1, 0.15) is 33.0 Å². The number of thioether (sulfide) groups is 1. The number of rotatable bonds is 7. The monoisotopic (exact) mass is 242 g/mol. The van der Waals surface area contributed by atoms with Crippen LogP contribution >= 0.6 is 11.8 Å². The van der Waals surface area contributed by atoms with Crippen molar-refractivity contribution in [1.82, 2.24) is 14.8 Å².